The molecule has 3 heterocycles. The van der Waals surface area contributed by atoms with E-state index in [1.165, 1.54) is 19.3 Å². The first-order valence-electron chi connectivity index (χ1n) is 12.5. The van der Waals surface area contributed by atoms with Gasteiger partial charge in [-0.1, -0.05) is 19.3 Å². The fraction of sp³-hybridized carbons (Fsp3) is 0.538. The minimum absolute atomic E-state index is 0.330. The number of piperazine rings is 1. The van der Waals surface area contributed by atoms with E-state index in [4.69, 9.17) is 15.5 Å². The van der Waals surface area contributed by atoms with Gasteiger partial charge >= 0.3 is 6.09 Å². The molecule has 2 aromatic heterocycles. The summed E-state index contributed by atoms with van der Waals surface area (Å²) in [6.07, 6.45) is 7.58. The van der Waals surface area contributed by atoms with Gasteiger partial charge in [0.15, 0.2) is 0 Å². The number of hydrogen-bond acceptors (Lipinski definition) is 7. The second-order valence-electron chi connectivity index (χ2n) is 10.3. The van der Waals surface area contributed by atoms with Crippen LogP contribution in [-0.2, 0) is 4.74 Å². The smallest absolute Gasteiger partial charge is 0.410 e. The Bertz CT molecular complexity index is 1050. The maximum Gasteiger partial charge on any atom is 0.410 e. The molecule has 0 spiro atoms. The minimum Gasteiger partial charge on any atom is -0.444 e. The number of carbonyl (C=O) groups is 2. The van der Waals surface area contributed by atoms with Crippen LogP contribution in [0.15, 0.2) is 30.5 Å². The molecule has 3 N–H and O–H groups in total. The average molecular weight is 481 g/mol. The molecule has 2 aliphatic rings. The van der Waals surface area contributed by atoms with Crippen molar-refractivity contribution in [1.82, 2.24) is 14.9 Å². The SMILES string of the molecule is CC(C)(C)OC(=O)N1CCN(c2nc(-c3ccnc(NC4CCCCC4)c3)ccc2C(N)=O)CC1. The number of ether oxygens (including phenoxy) is 1. The molecular weight excluding hydrogens is 444 g/mol. The molecule has 2 fully saturated rings. The second kappa shape index (κ2) is 10.5. The third-order valence-electron chi connectivity index (χ3n) is 6.38. The van der Waals surface area contributed by atoms with Crippen molar-refractivity contribution in [3.63, 3.8) is 0 Å². The number of rotatable bonds is 5. The minimum atomic E-state index is -0.543. The van der Waals surface area contributed by atoms with Crippen molar-refractivity contribution >= 4 is 23.6 Å². The van der Waals surface area contributed by atoms with E-state index in [0.29, 0.717) is 43.6 Å². The fourth-order valence-electron chi connectivity index (χ4n) is 4.59. The van der Waals surface area contributed by atoms with Gasteiger partial charge in [-0.15, -0.1) is 0 Å². The Morgan fingerprint density at radius 1 is 1.06 bits per heavy atom. The van der Waals surface area contributed by atoms with E-state index >= 15 is 0 Å². The Morgan fingerprint density at radius 2 is 1.77 bits per heavy atom. The van der Waals surface area contributed by atoms with Crippen LogP contribution in [0.3, 0.4) is 0 Å². The van der Waals surface area contributed by atoms with E-state index < -0.39 is 11.5 Å². The van der Waals surface area contributed by atoms with E-state index in [2.05, 4.69) is 10.3 Å². The number of hydrogen-bond donors (Lipinski definition) is 2. The van der Waals surface area contributed by atoms with E-state index in [1.807, 2.05) is 43.9 Å². The van der Waals surface area contributed by atoms with E-state index in [9.17, 15) is 9.59 Å². The largest absolute Gasteiger partial charge is 0.444 e. The number of carbonyl (C=O) groups excluding carboxylic acids is 2. The molecule has 1 saturated heterocycles. The Hall–Kier alpha value is -3.36. The predicted octanol–water partition coefficient (Wildman–Crippen LogP) is 4.04. The van der Waals surface area contributed by atoms with Crippen molar-refractivity contribution in [3.05, 3.63) is 36.0 Å². The molecule has 1 aliphatic carbocycles. The summed E-state index contributed by atoms with van der Waals surface area (Å²) in [6.45, 7) is 7.57. The van der Waals surface area contributed by atoms with E-state index in [1.54, 1.807) is 17.2 Å². The summed E-state index contributed by atoms with van der Waals surface area (Å²) in [5.74, 6) is 0.850. The number of anilines is 2. The molecule has 1 saturated carbocycles. The molecule has 2 amide bonds. The molecule has 9 nitrogen and oxygen atoms in total. The zero-order valence-electron chi connectivity index (χ0n) is 20.9. The summed E-state index contributed by atoms with van der Waals surface area (Å²) < 4.78 is 5.49. The van der Waals surface area contributed by atoms with Crippen molar-refractivity contribution in [2.75, 3.05) is 36.4 Å². The number of amides is 2. The van der Waals surface area contributed by atoms with Gasteiger partial charge < -0.3 is 25.6 Å². The number of nitrogens with one attached hydrogen (secondary N) is 1. The highest BCUT2D eigenvalue weighted by Gasteiger charge is 2.28. The van der Waals surface area contributed by atoms with Crippen LogP contribution in [0.5, 0.6) is 0 Å². The second-order valence-corrected chi connectivity index (χ2v) is 10.3. The quantitative estimate of drug-likeness (QED) is 0.664. The maximum absolute atomic E-state index is 12.4. The Balaban J connectivity index is 1.51. The molecule has 0 aromatic carbocycles. The lowest BCUT2D eigenvalue weighted by atomic mass is 9.95. The highest BCUT2D eigenvalue weighted by molar-refractivity contribution is 5.98. The molecule has 4 rings (SSSR count). The number of aromatic nitrogens is 2. The zero-order valence-corrected chi connectivity index (χ0v) is 20.9. The summed E-state index contributed by atoms with van der Waals surface area (Å²) in [5, 5.41) is 3.56. The first-order chi connectivity index (χ1) is 16.7. The molecule has 0 radical (unpaired) electrons. The van der Waals surface area contributed by atoms with E-state index in [0.717, 1.165) is 29.9 Å². The van der Waals surface area contributed by atoms with Crippen molar-refractivity contribution < 1.29 is 14.3 Å². The van der Waals surface area contributed by atoms with Crippen LogP contribution in [-0.4, -0.2) is 64.7 Å². The highest BCUT2D eigenvalue weighted by atomic mass is 16.6. The lowest BCUT2D eigenvalue weighted by Crippen LogP contribution is -2.50. The van der Waals surface area contributed by atoms with Crippen molar-refractivity contribution in [3.8, 4) is 11.3 Å². The van der Waals surface area contributed by atoms with Gasteiger partial charge in [0.05, 0.1) is 11.3 Å². The van der Waals surface area contributed by atoms with Gasteiger partial charge in [0.25, 0.3) is 5.91 Å². The van der Waals surface area contributed by atoms with Crippen molar-refractivity contribution in [2.24, 2.45) is 5.73 Å². The lowest BCUT2D eigenvalue weighted by molar-refractivity contribution is 0.0240. The lowest BCUT2D eigenvalue weighted by Gasteiger charge is -2.36. The van der Waals surface area contributed by atoms with Gasteiger partial charge in [-0.05, 0) is 57.9 Å². The fourth-order valence-corrected chi connectivity index (χ4v) is 4.59. The third kappa shape index (κ3) is 6.41. The molecule has 0 bridgehead atoms. The van der Waals surface area contributed by atoms with Gasteiger partial charge in [-0.3, -0.25) is 4.79 Å². The van der Waals surface area contributed by atoms with Crippen LogP contribution in [0.4, 0.5) is 16.4 Å². The molecule has 0 atom stereocenters. The third-order valence-corrected chi connectivity index (χ3v) is 6.38. The van der Waals surface area contributed by atoms with Gasteiger partial charge in [0.2, 0.25) is 0 Å². The van der Waals surface area contributed by atoms with Crippen LogP contribution in [0.1, 0.15) is 63.2 Å². The predicted molar refractivity (Wildman–Crippen MR) is 137 cm³/mol. The van der Waals surface area contributed by atoms with E-state index in [-0.39, 0.29) is 6.09 Å². The summed E-state index contributed by atoms with van der Waals surface area (Å²) in [4.78, 5) is 37.6. The number of pyridine rings is 2. The molecule has 2 aromatic rings. The Labute approximate surface area is 207 Å². The first kappa shape index (κ1) is 24.8. The highest BCUT2D eigenvalue weighted by Crippen LogP contribution is 2.28. The molecule has 0 unspecified atom stereocenters. The topological polar surface area (TPSA) is 114 Å². The number of nitrogens with two attached hydrogens (primary N) is 1. The van der Waals surface area contributed by atoms with Crippen LogP contribution in [0, 0.1) is 0 Å². The maximum atomic E-state index is 12.4. The first-order valence-corrected chi connectivity index (χ1v) is 12.5. The van der Waals surface area contributed by atoms with Crippen molar-refractivity contribution in [1.29, 1.82) is 0 Å². The average Bonchev–Trinajstić information content (AvgIpc) is 2.83. The molecule has 1 aliphatic heterocycles. The van der Waals surface area contributed by atoms with Crippen LogP contribution in [0.25, 0.3) is 11.3 Å². The Morgan fingerprint density at radius 3 is 2.43 bits per heavy atom. The normalized spacial score (nSPS) is 17.2. The summed E-state index contributed by atoms with van der Waals surface area (Å²) in [6, 6.07) is 7.93. The zero-order chi connectivity index (χ0) is 25.0. The summed E-state index contributed by atoms with van der Waals surface area (Å²) in [7, 11) is 0. The van der Waals surface area contributed by atoms with Crippen LogP contribution < -0.4 is 16.0 Å². The van der Waals surface area contributed by atoms with Crippen LogP contribution in [0.2, 0.25) is 0 Å². The van der Waals surface area contributed by atoms with Gasteiger partial charge in [-0.2, -0.15) is 0 Å². The van der Waals surface area contributed by atoms with Gasteiger partial charge in [0, 0.05) is 44.0 Å². The van der Waals surface area contributed by atoms with Crippen molar-refractivity contribution in [2.45, 2.75) is 64.5 Å². The summed E-state index contributed by atoms with van der Waals surface area (Å²) in [5.41, 5.74) is 7.16. The van der Waals surface area contributed by atoms with Gasteiger partial charge in [0.1, 0.15) is 17.2 Å². The molecule has 188 valence electrons. The monoisotopic (exact) mass is 480 g/mol. The summed E-state index contributed by atoms with van der Waals surface area (Å²) >= 11 is 0. The van der Waals surface area contributed by atoms with Gasteiger partial charge in [-0.25, -0.2) is 14.8 Å². The molecular formula is C26H36N6O3. The molecule has 35 heavy (non-hydrogen) atoms. The Kier molecular flexibility index (Phi) is 7.42. The van der Waals surface area contributed by atoms with Crippen LogP contribution >= 0.6 is 0 Å². The molecule has 9 heteroatoms. The standard InChI is InChI=1S/C26H36N6O3/c1-26(2,3)35-25(34)32-15-13-31(14-16-32)24-20(23(27)33)9-10-21(30-24)18-11-12-28-22(17-18)29-19-7-5-4-6-8-19/h9-12,17,19H,4-8,13-16H2,1-3H3,(H2,27,33)(H,28,29). The number of nitrogens with zero attached hydrogens (tertiary/aromatic N) is 4. The number of primary amides is 1.